The van der Waals surface area contributed by atoms with E-state index < -0.39 is 6.10 Å². The van der Waals surface area contributed by atoms with Gasteiger partial charge in [-0.1, -0.05) is 0 Å². The fourth-order valence-electron chi connectivity index (χ4n) is 1.74. The van der Waals surface area contributed by atoms with Gasteiger partial charge in [0.25, 0.3) is 0 Å². The number of rotatable bonds is 1. The van der Waals surface area contributed by atoms with E-state index in [1.54, 1.807) is 0 Å². The van der Waals surface area contributed by atoms with Gasteiger partial charge < -0.3 is 16.6 Å². The molecule has 1 aromatic heterocycles. The smallest absolute Gasteiger partial charge is 0.220 e. The lowest BCUT2D eigenvalue weighted by Gasteiger charge is -2.08. The number of fused-ring (bicyclic) bond motifs is 1. The summed E-state index contributed by atoms with van der Waals surface area (Å²) in [6.07, 6.45) is 0.991. The van der Waals surface area contributed by atoms with Crippen molar-refractivity contribution in [3.8, 4) is 0 Å². The standard InChI is InChI=1S/C8H12N4O/c9-3-5-7-4(1-2-6(7)13)11-8(10)12-5/h6,13H,1-3,9H2,(H2,10,11,12). The molecular formula is C8H12N4O. The summed E-state index contributed by atoms with van der Waals surface area (Å²) in [5.74, 6) is 0.244. The molecule has 0 aliphatic heterocycles. The average Bonchev–Trinajstić information content (AvgIpc) is 2.46. The van der Waals surface area contributed by atoms with Crippen LogP contribution in [0.4, 0.5) is 5.95 Å². The number of hydrogen-bond donors (Lipinski definition) is 3. The Bertz CT molecular complexity index is 339. The van der Waals surface area contributed by atoms with Gasteiger partial charge in [-0.15, -0.1) is 0 Å². The predicted molar refractivity (Wildman–Crippen MR) is 47.6 cm³/mol. The summed E-state index contributed by atoms with van der Waals surface area (Å²) in [7, 11) is 0. The molecule has 0 amide bonds. The van der Waals surface area contributed by atoms with Crippen molar-refractivity contribution >= 4 is 5.95 Å². The van der Waals surface area contributed by atoms with E-state index >= 15 is 0 Å². The average molecular weight is 180 g/mol. The molecule has 13 heavy (non-hydrogen) atoms. The maximum atomic E-state index is 9.61. The number of hydrogen-bond acceptors (Lipinski definition) is 5. The maximum Gasteiger partial charge on any atom is 0.220 e. The largest absolute Gasteiger partial charge is 0.388 e. The summed E-state index contributed by atoms with van der Waals surface area (Å²) >= 11 is 0. The minimum absolute atomic E-state index is 0.244. The van der Waals surface area contributed by atoms with Gasteiger partial charge in [0.2, 0.25) is 5.95 Å². The number of nitrogens with zero attached hydrogens (tertiary/aromatic N) is 2. The van der Waals surface area contributed by atoms with Crippen LogP contribution in [0.25, 0.3) is 0 Å². The van der Waals surface area contributed by atoms with Crippen LogP contribution in [0, 0.1) is 0 Å². The third kappa shape index (κ3) is 1.26. The Kier molecular flexibility index (Phi) is 1.90. The molecule has 1 aromatic rings. The van der Waals surface area contributed by atoms with E-state index in [2.05, 4.69) is 9.97 Å². The lowest BCUT2D eigenvalue weighted by atomic mass is 10.1. The van der Waals surface area contributed by atoms with Crippen molar-refractivity contribution in [1.29, 1.82) is 0 Å². The Morgan fingerprint density at radius 2 is 2.23 bits per heavy atom. The molecule has 0 saturated carbocycles. The van der Waals surface area contributed by atoms with Crippen molar-refractivity contribution in [3.63, 3.8) is 0 Å². The molecule has 5 nitrogen and oxygen atoms in total. The Labute approximate surface area is 75.8 Å². The normalized spacial score (nSPS) is 20.3. The lowest BCUT2D eigenvalue weighted by molar-refractivity contribution is 0.178. The van der Waals surface area contributed by atoms with Crippen LogP contribution < -0.4 is 11.5 Å². The highest BCUT2D eigenvalue weighted by Crippen LogP contribution is 2.31. The molecule has 2 rings (SSSR count). The second kappa shape index (κ2) is 2.93. The van der Waals surface area contributed by atoms with Gasteiger partial charge in [0.05, 0.1) is 17.5 Å². The first kappa shape index (κ1) is 8.40. The number of nitrogen functional groups attached to an aromatic ring is 1. The minimum atomic E-state index is -0.464. The predicted octanol–water partition coefficient (Wildman–Crippen LogP) is -0.503. The first-order valence-electron chi connectivity index (χ1n) is 4.25. The Morgan fingerprint density at radius 3 is 2.92 bits per heavy atom. The molecule has 1 atom stereocenters. The molecule has 0 fully saturated rings. The van der Waals surface area contributed by atoms with E-state index in [9.17, 15) is 5.11 Å². The number of anilines is 1. The molecule has 1 heterocycles. The van der Waals surface area contributed by atoms with Crippen LogP contribution in [-0.2, 0) is 13.0 Å². The highest BCUT2D eigenvalue weighted by Gasteiger charge is 2.25. The Morgan fingerprint density at radius 1 is 1.46 bits per heavy atom. The Balaban J connectivity index is 2.57. The van der Waals surface area contributed by atoms with Crippen molar-refractivity contribution < 1.29 is 5.11 Å². The van der Waals surface area contributed by atoms with Crippen LogP contribution in [0.2, 0.25) is 0 Å². The third-order valence-electron chi connectivity index (χ3n) is 2.30. The highest BCUT2D eigenvalue weighted by atomic mass is 16.3. The van der Waals surface area contributed by atoms with Crippen molar-refractivity contribution in [3.05, 3.63) is 17.0 Å². The number of nitrogens with two attached hydrogens (primary N) is 2. The fraction of sp³-hybridized carbons (Fsp3) is 0.500. The summed E-state index contributed by atoms with van der Waals surface area (Å²) in [6, 6.07) is 0. The van der Waals surface area contributed by atoms with Crippen molar-refractivity contribution in [1.82, 2.24) is 9.97 Å². The molecule has 1 unspecified atom stereocenters. The lowest BCUT2D eigenvalue weighted by Crippen LogP contribution is -2.10. The second-order valence-electron chi connectivity index (χ2n) is 3.15. The summed E-state index contributed by atoms with van der Waals surface area (Å²) < 4.78 is 0. The van der Waals surface area contributed by atoms with Crippen LogP contribution >= 0.6 is 0 Å². The molecule has 5 N–H and O–H groups in total. The van der Waals surface area contributed by atoms with Gasteiger partial charge >= 0.3 is 0 Å². The molecule has 5 heteroatoms. The first-order chi connectivity index (χ1) is 6.22. The molecule has 1 aliphatic carbocycles. The molecule has 0 bridgehead atoms. The Hall–Kier alpha value is -1.20. The quantitative estimate of drug-likeness (QED) is 0.541. The van der Waals surface area contributed by atoms with E-state index in [1.807, 2.05) is 0 Å². The minimum Gasteiger partial charge on any atom is -0.388 e. The molecule has 0 spiro atoms. The van der Waals surface area contributed by atoms with E-state index in [-0.39, 0.29) is 5.95 Å². The third-order valence-corrected chi connectivity index (χ3v) is 2.30. The van der Waals surface area contributed by atoms with Crippen LogP contribution in [0.1, 0.15) is 29.5 Å². The van der Waals surface area contributed by atoms with Crippen molar-refractivity contribution in [2.24, 2.45) is 5.73 Å². The maximum absolute atomic E-state index is 9.61. The van der Waals surface area contributed by atoms with Crippen molar-refractivity contribution in [2.75, 3.05) is 5.73 Å². The SMILES string of the molecule is NCc1nc(N)nc2c1C(O)CC2. The number of aryl methyl sites for hydroxylation is 1. The zero-order valence-electron chi connectivity index (χ0n) is 7.20. The summed E-state index contributed by atoms with van der Waals surface area (Å²) in [4.78, 5) is 8.06. The monoisotopic (exact) mass is 180 g/mol. The molecular weight excluding hydrogens is 168 g/mol. The van der Waals surface area contributed by atoms with Gasteiger partial charge in [-0.25, -0.2) is 9.97 Å². The molecule has 0 radical (unpaired) electrons. The van der Waals surface area contributed by atoms with E-state index in [0.717, 1.165) is 17.7 Å². The fourth-order valence-corrected chi connectivity index (χ4v) is 1.74. The second-order valence-corrected chi connectivity index (χ2v) is 3.15. The van der Waals surface area contributed by atoms with Gasteiger partial charge in [-0.05, 0) is 12.8 Å². The van der Waals surface area contributed by atoms with Gasteiger partial charge in [0.15, 0.2) is 0 Å². The van der Waals surface area contributed by atoms with Crippen LogP contribution in [0.15, 0.2) is 0 Å². The molecule has 0 saturated heterocycles. The number of aromatic nitrogens is 2. The zero-order valence-corrected chi connectivity index (χ0v) is 7.20. The van der Waals surface area contributed by atoms with Gasteiger partial charge in [0, 0.05) is 12.1 Å². The topological polar surface area (TPSA) is 98.0 Å². The number of aliphatic hydroxyl groups is 1. The first-order valence-corrected chi connectivity index (χ1v) is 4.25. The van der Waals surface area contributed by atoms with Crippen molar-refractivity contribution in [2.45, 2.75) is 25.5 Å². The van der Waals surface area contributed by atoms with Crippen LogP contribution in [0.3, 0.4) is 0 Å². The number of aliphatic hydroxyl groups excluding tert-OH is 1. The van der Waals surface area contributed by atoms with E-state index in [1.165, 1.54) is 0 Å². The molecule has 70 valence electrons. The van der Waals surface area contributed by atoms with E-state index in [0.29, 0.717) is 18.7 Å². The zero-order chi connectivity index (χ0) is 9.42. The van der Waals surface area contributed by atoms with Crippen LogP contribution in [-0.4, -0.2) is 15.1 Å². The summed E-state index contributed by atoms with van der Waals surface area (Å²) in [5.41, 5.74) is 13.3. The van der Waals surface area contributed by atoms with Gasteiger partial charge in [-0.2, -0.15) is 0 Å². The van der Waals surface area contributed by atoms with Gasteiger partial charge in [-0.3, -0.25) is 0 Å². The molecule has 1 aliphatic rings. The van der Waals surface area contributed by atoms with E-state index in [4.69, 9.17) is 11.5 Å². The van der Waals surface area contributed by atoms with Gasteiger partial charge in [0.1, 0.15) is 0 Å². The molecule has 0 aromatic carbocycles. The summed E-state index contributed by atoms with van der Waals surface area (Å²) in [5, 5.41) is 9.61. The van der Waals surface area contributed by atoms with Crippen LogP contribution in [0.5, 0.6) is 0 Å². The summed E-state index contributed by atoms with van der Waals surface area (Å²) in [6.45, 7) is 0.298. The highest BCUT2D eigenvalue weighted by molar-refractivity contribution is 5.36.